The topological polar surface area (TPSA) is 74.2 Å². The average Bonchev–Trinajstić information content (AvgIpc) is 3.23. The molecule has 1 aliphatic carbocycles. The molecule has 3 aromatic rings. The van der Waals surface area contributed by atoms with E-state index >= 15 is 0 Å². The Morgan fingerprint density at radius 3 is 2.62 bits per heavy atom. The first-order valence-electron chi connectivity index (χ1n) is 7.97. The van der Waals surface area contributed by atoms with Crippen molar-refractivity contribution in [3.8, 4) is 5.75 Å². The first-order chi connectivity index (χ1) is 11.2. The molecule has 0 aliphatic heterocycles. The molecule has 2 aromatic carbocycles. The number of rotatable bonds is 4. The number of benzene rings is 2. The summed E-state index contributed by atoms with van der Waals surface area (Å²) in [5.74, 6) is 1.85. The Morgan fingerprint density at radius 2 is 1.83 bits per heavy atom. The fourth-order valence-electron chi connectivity index (χ4n) is 3.15. The summed E-state index contributed by atoms with van der Waals surface area (Å²) >= 11 is 0. The highest BCUT2D eigenvalue weighted by molar-refractivity contribution is 5.85. The summed E-state index contributed by atoms with van der Waals surface area (Å²) in [5.41, 5.74) is 5.91. The van der Waals surface area contributed by atoms with Gasteiger partial charge in [-0.3, -0.25) is 0 Å². The lowest BCUT2D eigenvalue weighted by Crippen LogP contribution is -2.34. The minimum absolute atomic E-state index is 0. The SMILES string of the molecule is Cl.NC1(c2noc(COc3ccc4ccccc4c3)n2)CCCC1. The second-order valence-corrected chi connectivity index (χ2v) is 6.17. The van der Waals surface area contributed by atoms with Crippen molar-refractivity contribution in [3.63, 3.8) is 0 Å². The summed E-state index contributed by atoms with van der Waals surface area (Å²) in [6, 6.07) is 14.2. The van der Waals surface area contributed by atoms with Crippen LogP contribution in [0.4, 0.5) is 0 Å². The normalized spacial score (nSPS) is 16.0. The maximum absolute atomic E-state index is 6.34. The molecule has 2 N–H and O–H groups in total. The number of halogens is 1. The average molecular weight is 346 g/mol. The molecular formula is C18H20ClN3O2. The highest BCUT2D eigenvalue weighted by atomic mass is 35.5. The summed E-state index contributed by atoms with van der Waals surface area (Å²) in [6.07, 6.45) is 4.07. The molecule has 0 unspecified atom stereocenters. The molecule has 1 saturated carbocycles. The van der Waals surface area contributed by atoms with E-state index in [4.69, 9.17) is 15.0 Å². The number of nitrogens with zero attached hydrogens (tertiary/aromatic N) is 2. The molecule has 0 amide bonds. The van der Waals surface area contributed by atoms with Gasteiger partial charge in [0.15, 0.2) is 12.4 Å². The van der Waals surface area contributed by atoms with Crippen LogP contribution in [0.5, 0.6) is 5.75 Å². The van der Waals surface area contributed by atoms with Crippen molar-refractivity contribution in [1.82, 2.24) is 10.1 Å². The third-order valence-electron chi connectivity index (χ3n) is 4.49. The Balaban J connectivity index is 0.00000169. The Kier molecular flexibility index (Phi) is 4.73. The third kappa shape index (κ3) is 3.23. The number of hydrogen-bond acceptors (Lipinski definition) is 5. The molecule has 1 aliphatic rings. The van der Waals surface area contributed by atoms with Crippen LogP contribution in [-0.4, -0.2) is 10.1 Å². The smallest absolute Gasteiger partial charge is 0.264 e. The van der Waals surface area contributed by atoms with Gasteiger partial charge >= 0.3 is 0 Å². The molecule has 1 heterocycles. The molecule has 0 radical (unpaired) electrons. The highest BCUT2D eigenvalue weighted by Gasteiger charge is 2.35. The van der Waals surface area contributed by atoms with E-state index in [1.807, 2.05) is 30.3 Å². The van der Waals surface area contributed by atoms with Crippen molar-refractivity contribution in [2.45, 2.75) is 37.8 Å². The van der Waals surface area contributed by atoms with Crippen LogP contribution in [0.1, 0.15) is 37.4 Å². The highest BCUT2D eigenvalue weighted by Crippen LogP contribution is 2.34. The van der Waals surface area contributed by atoms with Crippen LogP contribution >= 0.6 is 12.4 Å². The maximum Gasteiger partial charge on any atom is 0.264 e. The number of nitrogens with two attached hydrogens (primary N) is 1. The van der Waals surface area contributed by atoms with Crippen molar-refractivity contribution < 1.29 is 9.26 Å². The molecule has 1 fully saturated rings. The molecular weight excluding hydrogens is 326 g/mol. The largest absolute Gasteiger partial charge is 0.484 e. The van der Waals surface area contributed by atoms with Crippen LogP contribution < -0.4 is 10.5 Å². The maximum atomic E-state index is 6.34. The summed E-state index contributed by atoms with van der Waals surface area (Å²) in [4.78, 5) is 4.41. The molecule has 0 saturated heterocycles. The zero-order valence-electron chi connectivity index (χ0n) is 13.3. The van der Waals surface area contributed by atoms with Crippen LogP contribution in [0.3, 0.4) is 0 Å². The van der Waals surface area contributed by atoms with Crippen LogP contribution in [-0.2, 0) is 12.1 Å². The summed E-state index contributed by atoms with van der Waals surface area (Å²) in [7, 11) is 0. The lowest BCUT2D eigenvalue weighted by Gasteiger charge is -2.17. The van der Waals surface area contributed by atoms with Gasteiger partial charge in [0.2, 0.25) is 0 Å². The Morgan fingerprint density at radius 1 is 1.08 bits per heavy atom. The van der Waals surface area contributed by atoms with Crippen LogP contribution in [0.2, 0.25) is 0 Å². The minimum Gasteiger partial charge on any atom is -0.484 e. The number of fused-ring (bicyclic) bond motifs is 1. The predicted octanol–water partition coefficient (Wildman–Crippen LogP) is 3.95. The standard InChI is InChI=1S/C18H19N3O2.ClH/c19-18(9-3-4-10-18)17-20-16(23-21-17)12-22-15-8-7-13-5-1-2-6-14(13)11-15;/h1-2,5-8,11H,3-4,9-10,12,19H2;1H. The monoisotopic (exact) mass is 345 g/mol. The molecule has 0 atom stereocenters. The quantitative estimate of drug-likeness (QED) is 0.774. The Bertz CT molecular complexity index is 828. The first-order valence-corrected chi connectivity index (χ1v) is 7.97. The van der Waals surface area contributed by atoms with E-state index in [2.05, 4.69) is 22.3 Å². The van der Waals surface area contributed by atoms with Gasteiger partial charge in [0.1, 0.15) is 5.75 Å². The molecule has 0 spiro atoms. The molecule has 126 valence electrons. The zero-order chi connectivity index (χ0) is 15.7. The summed E-state index contributed by atoms with van der Waals surface area (Å²) in [6.45, 7) is 0.251. The van der Waals surface area contributed by atoms with E-state index in [1.165, 1.54) is 5.39 Å². The van der Waals surface area contributed by atoms with E-state index in [0.717, 1.165) is 36.8 Å². The Labute approximate surface area is 146 Å². The van der Waals surface area contributed by atoms with Crippen molar-refractivity contribution in [3.05, 3.63) is 54.2 Å². The second kappa shape index (κ2) is 6.79. The predicted molar refractivity (Wildman–Crippen MR) is 94.2 cm³/mol. The fraction of sp³-hybridized carbons (Fsp3) is 0.333. The van der Waals surface area contributed by atoms with Gasteiger partial charge < -0.3 is 15.0 Å². The van der Waals surface area contributed by atoms with Gasteiger partial charge in [-0.15, -0.1) is 12.4 Å². The van der Waals surface area contributed by atoms with E-state index in [1.54, 1.807) is 0 Å². The second-order valence-electron chi connectivity index (χ2n) is 6.17. The van der Waals surface area contributed by atoms with Crippen LogP contribution in [0.15, 0.2) is 47.0 Å². The summed E-state index contributed by atoms with van der Waals surface area (Å²) in [5, 5.41) is 6.37. The Hall–Kier alpha value is -2.11. The molecule has 4 rings (SSSR count). The van der Waals surface area contributed by atoms with Crippen LogP contribution in [0.25, 0.3) is 10.8 Å². The van der Waals surface area contributed by atoms with Crippen molar-refractivity contribution >= 4 is 23.2 Å². The van der Waals surface area contributed by atoms with Gasteiger partial charge in [0.05, 0.1) is 5.54 Å². The van der Waals surface area contributed by atoms with Gasteiger partial charge in [-0.25, -0.2) is 0 Å². The number of hydrogen-bond donors (Lipinski definition) is 1. The van der Waals surface area contributed by atoms with Crippen molar-refractivity contribution in [2.75, 3.05) is 0 Å². The lowest BCUT2D eigenvalue weighted by molar-refractivity contribution is 0.241. The van der Waals surface area contributed by atoms with Gasteiger partial charge in [0.25, 0.3) is 5.89 Å². The van der Waals surface area contributed by atoms with E-state index in [9.17, 15) is 0 Å². The fourth-order valence-corrected chi connectivity index (χ4v) is 3.15. The lowest BCUT2D eigenvalue weighted by atomic mass is 9.99. The van der Waals surface area contributed by atoms with E-state index in [0.29, 0.717) is 11.7 Å². The third-order valence-corrected chi connectivity index (χ3v) is 4.49. The molecule has 24 heavy (non-hydrogen) atoms. The van der Waals surface area contributed by atoms with Gasteiger partial charge in [-0.1, -0.05) is 48.3 Å². The van der Waals surface area contributed by atoms with Gasteiger partial charge in [-0.05, 0) is 35.7 Å². The molecule has 5 nitrogen and oxygen atoms in total. The number of aromatic nitrogens is 2. The summed E-state index contributed by atoms with van der Waals surface area (Å²) < 4.78 is 11.1. The molecule has 0 bridgehead atoms. The van der Waals surface area contributed by atoms with E-state index < -0.39 is 5.54 Å². The molecule has 6 heteroatoms. The number of ether oxygens (including phenoxy) is 1. The van der Waals surface area contributed by atoms with Crippen molar-refractivity contribution in [2.24, 2.45) is 5.73 Å². The van der Waals surface area contributed by atoms with Gasteiger partial charge in [-0.2, -0.15) is 4.98 Å². The first kappa shape index (κ1) is 16.7. The van der Waals surface area contributed by atoms with E-state index in [-0.39, 0.29) is 19.0 Å². The minimum atomic E-state index is -0.426. The molecule has 1 aromatic heterocycles. The van der Waals surface area contributed by atoms with Crippen molar-refractivity contribution in [1.29, 1.82) is 0 Å². The van der Waals surface area contributed by atoms with Gasteiger partial charge in [0, 0.05) is 0 Å². The zero-order valence-corrected chi connectivity index (χ0v) is 14.1. The van der Waals surface area contributed by atoms with Crippen LogP contribution in [0, 0.1) is 0 Å².